The van der Waals surface area contributed by atoms with Crippen LogP contribution in [-0.4, -0.2) is 43.3 Å². The Kier molecular flexibility index (Phi) is 11.7. The second-order valence-electron chi connectivity index (χ2n) is 7.24. The summed E-state index contributed by atoms with van der Waals surface area (Å²) in [7, 11) is 3.58. The molecule has 0 radical (unpaired) electrons. The molecule has 1 fully saturated rings. The predicted molar refractivity (Wildman–Crippen MR) is 118 cm³/mol. The summed E-state index contributed by atoms with van der Waals surface area (Å²) in [6.45, 7) is 1.61. The van der Waals surface area contributed by atoms with Crippen LogP contribution in [0, 0.1) is 12.3 Å². The molecule has 0 saturated heterocycles. The summed E-state index contributed by atoms with van der Waals surface area (Å²) in [5, 5.41) is 6.12. The molecule has 6 nitrogen and oxygen atoms in total. The molecule has 2 N–H and O–H groups in total. The number of anilines is 1. The van der Waals surface area contributed by atoms with E-state index in [2.05, 4.69) is 16.6 Å². The van der Waals surface area contributed by atoms with Crippen LogP contribution < -0.4 is 10.6 Å². The third-order valence-corrected chi connectivity index (χ3v) is 4.66. The molecular formula is C22H32ClN3O3. The van der Waals surface area contributed by atoms with E-state index in [4.69, 9.17) is 22.8 Å². The Labute approximate surface area is 179 Å². The number of hydrogen-bond acceptors (Lipinski definition) is 3. The number of carbonyl (C=O) groups is 2. The molecule has 0 bridgehead atoms. The Morgan fingerprint density at radius 1 is 1.21 bits per heavy atom. The van der Waals surface area contributed by atoms with Gasteiger partial charge in [0.1, 0.15) is 0 Å². The Bertz CT molecular complexity index is 680. The Hall–Kier alpha value is -2.39. The Balaban J connectivity index is 0.000000291. The highest BCUT2D eigenvalue weighted by atomic mass is 35.5. The van der Waals surface area contributed by atoms with E-state index in [1.54, 1.807) is 50.2 Å². The Morgan fingerprint density at radius 2 is 1.83 bits per heavy atom. The van der Waals surface area contributed by atoms with Gasteiger partial charge in [0.05, 0.1) is 0 Å². The normalized spacial score (nSPS) is 15.3. The van der Waals surface area contributed by atoms with E-state index in [1.807, 2.05) is 0 Å². The first-order valence-corrected chi connectivity index (χ1v) is 10.4. The number of carbonyl (C=O) groups excluding carboxylic acids is 2. The molecule has 2 rings (SSSR count). The van der Waals surface area contributed by atoms with Gasteiger partial charge < -0.3 is 15.0 Å². The number of benzene rings is 1. The summed E-state index contributed by atoms with van der Waals surface area (Å²) >= 11 is 5.74. The molecule has 1 aliphatic carbocycles. The maximum absolute atomic E-state index is 11.4. The molecule has 1 atom stereocenters. The van der Waals surface area contributed by atoms with E-state index >= 15 is 0 Å². The minimum atomic E-state index is -0.595. The first kappa shape index (κ1) is 24.6. The number of amides is 3. The number of hydrogen-bond donors (Lipinski definition) is 2. The van der Waals surface area contributed by atoms with Crippen molar-refractivity contribution in [1.29, 1.82) is 0 Å². The highest BCUT2D eigenvalue weighted by molar-refractivity contribution is 6.30. The van der Waals surface area contributed by atoms with Crippen LogP contribution in [0.5, 0.6) is 0 Å². The average Bonchev–Trinajstić information content (AvgIpc) is 2.64. The summed E-state index contributed by atoms with van der Waals surface area (Å²) < 4.78 is 4.81. The molecule has 3 amide bonds. The van der Waals surface area contributed by atoms with E-state index in [1.165, 1.54) is 32.1 Å². The standard InChI is InChI=1S/C11H10ClNO2.C11H22N2O/c1-3-8(2)15-11(14)13-10-6-4-5-9(12)7-10;1-13(2)11(14)12-10-8-6-4-3-5-7-9-10/h1,4-8H,2H3,(H,13,14);10H,3-9H2,1-2H3,(H,12,14). The van der Waals surface area contributed by atoms with Crippen LogP contribution in [0.25, 0.3) is 0 Å². The number of terminal acetylenes is 1. The van der Waals surface area contributed by atoms with Crippen LogP contribution in [0.15, 0.2) is 24.3 Å². The van der Waals surface area contributed by atoms with Gasteiger partial charge in [-0.15, -0.1) is 6.42 Å². The van der Waals surface area contributed by atoms with Crippen molar-refractivity contribution in [3.8, 4) is 12.3 Å². The number of urea groups is 1. The van der Waals surface area contributed by atoms with Crippen LogP contribution in [-0.2, 0) is 4.74 Å². The fourth-order valence-electron chi connectivity index (χ4n) is 2.81. The fourth-order valence-corrected chi connectivity index (χ4v) is 3.00. The van der Waals surface area contributed by atoms with Gasteiger partial charge in [0.25, 0.3) is 0 Å². The van der Waals surface area contributed by atoms with Gasteiger partial charge in [-0.2, -0.15) is 0 Å². The lowest BCUT2D eigenvalue weighted by atomic mass is 9.97. The minimum absolute atomic E-state index is 0.0515. The van der Waals surface area contributed by atoms with Gasteiger partial charge in [-0.3, -0.25) is 5.32 Å². The van der Waals surface area contributed by atoms with Crippen LogP contribution in [0.3, 0.4) is 0 Å². The van der Waals surface area contributed by atoms with E-state index in [9.17, 15) is 9.59 Å². The molecule has 1 unspecified atom stereocenters. The van der Waals surface area contributed by atoms with Gasteiger partial charge in [0.15, 0.2) is 6.10 Å². The Morgan fingerprint density at radius 3 is 2.38 bits per heavy atom. The van der Waals surface area contributed by atoms with Crippen molar-refractivity contribution in [3.63, 3.8) is 0 Å². The summed E-state index contributed by atoms with van der Waals surface area (Å²) in [5.41, 5.74) is 0.566. The van der Waals surface area contributed by atoms with Crippen LogP contribution in [0.4, 0.5) is 15.3 Å². The quantitative estimate of drug-likeness (QED) is 0.652. The van der Waals surface area contributed by atoms with Crippen molar-refractivity contribution in [3.05, 3.63) is 29.3 Å². The van der Waals surface area contributed by atoms with E-state index in [0.29, 0.717) is 16.8 Å². The van der Waals surface area contributed by atoms with Crippen molar-refractivity contribution in [2.45, 2.75) is 64.0 Å². The minimum Gasteiger partial charge on any atom is -0.433 e. The molecular weight excluding hydrogens is 390 g/mol. The lowest BCUT2D eigenvalue weighted by Gasteiger charge is -2.23. The molecule has 0 aliphatic heterocycles. The second-order valence-corrected chi connectivity index (χ2v) is 7.67. The SMILES string of the molecule is C#CC(C)OC(=O)Nc1cccc(Cl)c1.CN(C)C(=O)NC1CCCCCCC1. The third-order valence-electron chi connectivity index (χ3n) is 4.43. The summed E-state index contributed by atoms with van der Waals surface area (Å²) in [6.07, 6.45) is 12.8. The first-order chi connectivity index (χ1) is 13.8. The van der Waals surface area contributed by atoms with Crippen molar-refractivity contribution in [2.75, 3.05) is 19.4 Å². The van der Waals surface area contributed by atoms with Gasteiger partial charge >= 0.3 is 12.1 Å². The van der Waals surface area contributed by atoms with Gasteiger partial charge in [0, 0.05) is 30.8 Å². The monoisotopic (exact) mass is 421 g/mol. The maximum atomic E-state index is 11.4. The lowest BCUT2D eigenvalue weighted by molar-refractivity contribution is 0.145. The average molecular weight is 422 g/mol. The van der Waals surface area contributed by atoms with E-state index in [0.717, 1.165) is 12.8 Å². The number of ether oxygens (including phenoxy) is 1. The molecule has 1 aromatic rings. The third kappa shape index (κ3) is 11.3. The number of nitrogens with one attached hydrogen (secondary N) is 2. The van der Waals surface area contributed by atoms with Crippen molar-refractivity contribution in [1.82, 2.24) is 10.2 Å². The molecule has 1 saturated carbocycles. The molecule has 1 aliphatic rings. The van der Waals surface area contributed by atoms with Gasteiger partial charge in [-0.1, -0.05) is 55.7 Å². The molecule has 7 heteroatoms. The van der Waals surface area contributed by atoms with E-state index < -0.39 is 12.2 Å². The van der Waals surface area contributed by atoms with Gasteiger partial charge in [-0.25, -0.2) is 9.59 Å². The molecule has 0 spiro atoms. The topological polar surface area (TPSA) is 70.7 Å². The molecule has 0 aromatic heterocycles. The molecule has 1 aromatic carbocycles. The summed E-state index contributed by atoms with van der Waals surface area (Å²) in [5.74, 6) is 2.28. The molecule has 160 valence electrons. The lowest BCUT2D eigenvalue weighted by Crippen LogP contribution is -2.41. The summed E-state index contributed by atoms with van der Waals surface area (Å²) in [6, 6.07) is 7.21. The molecule has 29 heavy (non-hydrogen) atoms. The van der Waals surface area contributed by atoms with Gasteiger partial charge in [-0.05, 0) is 38.0 Å². The van der Waals surface area contributed by atoms with Crippen molar-refractivity contribution in [2.24, 2.45) is 0 Å². The van der Waals surface area contributed by atoms with Crippen LogP contribution in [0.2, 0.25) is 5.02 Å². The fraction of sp³-hybridized carbons (Fsp3) is 0.545. The second kappa shape index (κ2) is 13.7. The highest BCUT2D eigenvalue weighted by Crippen LogP contribution is 2.17. The smallest absolute Gasteiger partial charge is 0.412 e. The highest BCUT2D eigenvalue weighted by Gasteiger charge is 2.14. The number of halogens is 1. The summed E-state index contributed by atoms with van der Waals surface area (Å²) in [4.78, 5) is 24.3. The van der Waals surface area contributed by atoms with Crippen molar-refractivity contribution < 1.29 is 14.3 Å². The van der Waals surface area contributed by atoms with E-state index in [-0.39, 0.29) is 6.03 Å². The maximum Gasteiger partial charge on any atom is 0.412 e. The number of rotatable bonds is 3. The zero-order valence-electron chi connectivity index (χ0n) is 17.5. The largest absolute Gasteiger partial charge is 0.433 e. The molecule has 0 heterocycles. The van der Waals surface area contributed by atoms with Crippen LogP contribution >= 0.6 is 11.6 Å². The predicted octanol–water partition coefficient (Wildman–Crippen LogP) is 5.28. The zero-order chi connectivity index (χ0) is 21.6. The van der Waals surface area contributed by atoms with Crippen LogP contribution in [0.1, 0.15) is 51.9 Å². The van der Waals surface area contributed by atoms with Crippen molar-refractivity contribution >= 4 is 29.4 Å². The van der Waals surface area contributed by atoms with Gasteiger partial charge in [0.2, 0.25) is 0 Å². The number of nitrogens with zero attached hydrogens (tertiary/aromatic N) is 1. The zero-order valence-corrected chi connectivity index (χ0v) is 18.3. The first-order valence-electron chi connectivity index (χ1n) is 9.99.